The summed E-state index contributed by atoms with van der Waals surface area (Å²) in [7, 11) is 1.89. The molecule has 1 unspecified atom stereocenters. The molecule has 0 saturated heterocycles. The monoisotopic (exact) mass is 253 g/mol. The van der Waals surface area contributed by atoms with E-state index in [4.69, 9.17) is 4.74 Å². The fourth-order valence-corrected chi connectivity index (χ4v) is 3.13. The average Bonchev–Trinajstić information content (AvgIpc) is 2.36. The summed E-state index contributed by atoms with van der Waals surface area (Å²) in [4.78, 5) is 0. The SMILES string of the molecule is C=CCCC(NCC)C1(OC)CCC(C)(C)CC1. The standard InChI is InChI=1S/C16H31NO/c1-6-8-9-14(17-7-2)16(18-5)12-10-15(3,4)11-13-16/h6,14,17H,1,7-13H2,2-5H3. The van der Waals surface area contributed by atoms with Gasteiger partial charge in [0.05, 0.1) is 5.60 Å². The number of methoxy groups -OCH3 is 1. The Bertz CT molecular complexity index is 250. The summed E-state index contributed by atoms with van der Waals surface area (Å²) in [5.41, 5.74) is 0.520. The zero-order valence-electron chi connectivity index (χ0n) is 12.7. The third-order valence-electron chi connectivity index (χ3n) is 4.60. The molecular formula is C16H31NO. The van der Waals surface area contributed by atoms with Crippen LogP contribution in [0.3, 0.4) is 0 Å². The molecule has 2 heteroatoms. The summed E-state index contributed by atoms with van der Waals surface area (Å²) in [6, 6.07) is 0.460. The van der Waals surface area contributed by atoms with Gasteiger partial charge < -0.3 is 10.1 Å². The minimum atomic E-state index is 0.0363. The van der Waals surface area contributed by atoms with Crippen LogP contribution in [-0.2, 0) is 4.74 Å². The normalized spacial score (nSPS) is 23.6. The van der Waals surface area contributed by atoms with Gasteiger partial charge in [0.25, 0.3) is 0 Å². The van der Waals surface area contributed by atoms with Crippen LogP contribution in [0.15, 0.2) is 12.7 Å². The summed E-state index contributed by atoms with van der Waals surface area (Å²) < 4.78 is 5.99. The number of rotatable bonds is 7. The van der Waals surface area contributed by atoms with E-state index in [2.05, 4.69) is 32.7 Å². The summed E-state index contributed by atoms with van der Waals surface area (Å²) in [5, 5.41) is 3.63. The van der Waals surface area contributed by atoms with Gasteiger partial charge in [0.15, 0.2) is 0 Å². The lowest BCUT2D eigenvalue weighted by Crippen LogP contribution is -2.54. The van der Waals surface area contributed by atoms with Gasteiger partial charge in [0.1, 0.15) is 0 Å². The van der Waals surface area contributed by atoms with E-state index >= 15 is 0 Å². The average molecular weight is 253 g/mol. The molecule has 106 valence electrons. The fourth-order valence-electron chi connectivity index (χ4n) is 3.13. The van der Waals surface area contributed by atoms with Gasteiger partial charge in [0.2, 0.25) is 0 Å². The molecule has 1 saturated carbocycles. The molecule has 1 aliphatic carbocycles. The van der Waals surface area contributed by atoms with Gasteiger partial charge in [-0.2, -0.15) is 0 Å². The molecule has 0 amide bonds. The Morgan fingerprint density at radius 1 is 1.28 bits per heavy atom. The van der Waals surface area contributed by atoms with Crippen LogP contribution in [0.4, 0.5) is 0 Å². The Kier molecular flexibility index (Phi) is 5.87. The van der Waals surface area contributed by atoms with Crippen molar-refractivity contribution in [2.45, 2.75) is 70.9 Å². The smallest absolute Gasteiger partial charge is 0.0831 e. The highest BCUT2D eigenvalue weighted by Gasteiger charge is 2.43. The maximum Gasteiger partial charge on any atom is 0.0831 e. The molecule has 0 aromatic rings. The molecule has 0 aromatic carbocycles. The topological polar surface area (TPSA) is 21.3 Å². The van der Waals surface area contributed by atoms with Crippen LogP contribution in [0, 0.1) is 5.41 Å². The fraction of sp³-hybridized carbons (Fsp3) is 0.875. The van der Waals surface area contributed by atoms with Crippen molar-refractivity contribution in [1.82, 2.24) is 5.32 Å². The number of allylic oxidation sites excluding steroid dienone is 1. The van der Waals surface area contributed by atoms with Gasteiger partial charge in [-0.1, -0.05) is 26.8 Å². The van der Waals surface area contributed by atoms with Gasteiger partial charge in [-0.25, -0.2) is 0 Å². The molecule has 0 spiro atoms. The Labute approximate surface area is 113 Å². The predicted octanol–water partition coefficient (Wildman–Crippen LogP) is 3.92. The lowest BCUT2D eigenvalue weighted by Gasteiger charge is -2.47. The molecule has 0 aliphatic heterocycles. The number of hydrogen-bond donors (Lipinski definition) is 1. The largest absolute Gasteiger partial charge is 0.377 e. The van der Waals surface area contributed by atoms with E-state index in [0.717, 1.165) is 19.4 Å². The third kappa shape index (κ3) is 3.83. The zero-order valence-corrected chi connectivity index (χ0v) is 12.7. The molecule has 1 rings (SSSR count). The molecule has 1 atom stereocenters. The quantitative estimate of drug-likeness (QED) is 0.694. The van der Waals surface area contributed by atoms with Crippen molar-refractivity contribution in [3.63, 3.8) is 0 Å². The first kappa shape index (κ1) is 15.7. The highest BCUT2D eigenvalue weighted by atomic mass is 16.5. The van der Waals surface area contributed by atoms with Crippen molar-refractivity contribution in [2.75, 3.05) is 13.7 Å². The van der Waals surface area contributed by atoms with E-state index in [0.29, 0.717) is 11.5 Å². The van der Waals surface area contributed by atoms with Gasteiger partial charge in [-0.05, 0) is 50.5 Å². The van der Waals surface area contributed by atoms with Gasteiger partial charge in [-0.3, -0.25) is 0 Å². The molecule has 0 radical (unpaired) electrons. The molecular weight excluding hydrogens is 222 g/mol. The van der Waals surface area contributed by atoms with Crippen LogP contribution in [-0.4, -0.2) is 25.3 Å². The second-order valence-electron chi connectivity index (χ2n) is 6.41. The first-order valence-electron chi connectivity index (χ1n) is 7.39. The third-order valence-corrected chi connectivity index (χ3v) is 4.60. The van der Waals surface area contributed by atoms with Gasteiger partial charge in [0, 0.05) is 13.2 Å². The van der Waals surface area contributed by atoms with Crippen molar-refractivity contribution < 1.29 is 4.74 Å². The maximum absolute atomic E-state index is 5.99. The molecule has 2 nitrogen and oxygen atoms in total. The lowest BCUT2D eigenvalue weighted by atomic mass is 9.68. The summed E-state index contributed by atoms with van der Waals surface area (Å²) in [6.45, 7) is 11.8. The molecule has 0 aromatic heterocycles. The molecule has 18 heavy (non-hydrogen) atoms. The van der Waals surface area contributed by atoms with Crippen molar-refractivity contribution >= 4 is 0 Å². The number of nitrogens with one attached hydrogen (secondary N) is 1. The van der Waals surface area contributed by atoms with E-state index in [-0.39, 0.29) is 5.60 Å². The molecule has 0 bridgehead atoms. The van der Waals surface area contributed by atoms with Crippen LogP contribution < -0.4 is 5.32 Å². The first-order valence-corrected chi connectivity index (χ1v) is 7.39. The van der Waals surface area contributed by atoms with E-state index in [1.807, 2.05) is 13.2 Å². The Morgan fingerprint density at radius 2 is 1.89 bits per heavy atom. The van der Waals surface area contributed by atoms with Gasteiger partial charge in [-0.15, -0.1) is 6.58 Å². The molecule has 0 heterocycles. The van der Waals surface area contributed by atoms with Crippen molar-refractivity contribution in [3.8, 4) is 0 Å². The van der Waals surface area contributed by atoms with Crippen molar-refractivity contribution in [1.29, 1.82) is 0 Å². The number of likely N-dealkylation sites (N-methyl/N-ethyl adjacent to an activating group) is 1. The predicted molar refractivity (Wildman–Crippen MR) is 78.9 cm³/mol. The summed E-state index contributed by atoms with van der Waals surface area (Å²) in [6.07, 6.45) is 9.07. The minimum absolute atomic E-state index is 0.0363. The zero-order chi connectivity index (χ0) is 13.6. The van der Waals surface area contributed by atoms with Crippen molar-refractivity contribution in [3.05, 3.63) is 12.7 Å². The minimum Gasteiger partial charge on any atom is -0.377 e. The Morgan fingerprint density at radius 3 is 2.33 bits per heavy atom. The lowest BCUT2D eigenvalue weighted by molar-refractivity contribution is -0.0873. The second-order valence-corrected chi connectivity index (χ2v) is 6.41. The second kappa shape index (κ2) is 6.72. The molecule has 1 fully saturated rings. The van der Waals surface area contributed by atoms with Crippen LogP contribution in [0.2, 0.25) is 0 Å². The highest BCUT2D eigenvalue weighted by Crippen LogP contribution is 2.44. The molecule has 1 aliphatic rings. The summed E-state index contributed by atoms with van der Waals surface area (Å²) in [5.74, 6) is 0. The highest BCUT2D eigenvalue weighted by molar-refractivity contribution is 4.99. The Hall–Kier alpha value is -0.340. The Balaban J connectivity index is 2.73. The van der Waals surface area contributed by atoms with Crippen LogP contribution >= 0.6 is 0 Å². The van der Waals surface area contributed by atoms with Crippen LogP contribution in [0.25, 0.3) is 0 Å². The van der Waals surface area contributed by atoms with E-state index in [1.165, 1.54) is 25.7 Å². The van der Waals surface area contributed by atoms with E-state index < -0.39 is 0 Å². The van der Waals surface area contributed by atoms with Crippen molar-refractivity contribution in [2.24, 2.45) is 5.41 Å². The maximum atomic E-state index is 5.99. The number of hydrogen-bond acceptors (Lipinski definition) is 2. The molecule has 1 N–H and O–H groups in total. The summed E-state index contributed by atoms with van der Waals surface area (Å²) >= 11 is 0. The first-order chi connectivity index (χ1) is 8.49. The van der Waals surface area contributed by atoms with Crippen LogP contribution in [0.1, 0.15) is 59.3 Å². The van der Waals surface area contributed by atoms with E-state index in [9.17, 15) is 0 Å². The van der Waals surface area contributed by atoms with E-state index in [1.54, 1.807) is 0 Å². The van der Waals surface area contributed by atoms with Crippen LogP contribution in [0.5, 0.6) is 0 Å². The number of ether oxygens (including phenoxy) is 1. The van der Waals surface area contributed by atoms with Gasteiger partial charge >= 0.3 is 0 Å².